The van der Waals surface area contributed by atoms with Crippen LogP contribution in [0.4, 0.5) is 20.2 Å². The lowest BCUT2D eigenvalue weighted by molar-refractivity contribution is 0.142. The number of aliphatic hydroxyl groups excluding tert-OH is 1. The lowest BCUT2D eigenvalue weighted by atomic mass is 10.0. The first-order valence-corrected chi connectivity index (χ1v) is 8.28. The van der Waals surface area contributed by atoms with Crippen molar-refractivity contribution >= 4 is 11.4 Å². The summed E-state index contributed by atoms with van der Waals surface area (Å²) in [5.74, 6) is -0.780. The molecule has 5 heteroatoms. The van der Waals surface area contributed by atoms with E-state index in [0.717, 1.165) is 36.8 Å². The molecule has 4 rings (SSSR count). The first-order chi connectivity index (χ1) is 11.6. The largest absolute Gasteiger partial charge is 0.389 e. The van der Waals surface area contributed by atoms with Crippen LogP contribution in [-0.4, -0.2) is 30.8 Å². The Bertz CT molecular complexity index is 746. The highest BCUT2D eigenvalue weighted by Gasteiger charge is 2.33. The molecule has 0 bridgehead atoms. The Balaban J connectivity index is 1.70. The number of benzene rings is 2. The van der Waals surface area contributed by atoms with Crippen molar-refractivity contribution in [2.45, 2.75) is 25.0 Å². The quantitative estimate of drug-likeness (QED) is 0.936. The van der Waals surface area contributed by atoms with Crippen LogP contribution in [-0.2, 0) is 0 Å². The Morgan fingerprint density at radius 3 is 2.75 bits per heavy atom. The molecule has 2 heterocycles. The maximum absolute atomic E-state index is 14.3. The zero-order valence-corrected chi connectivity index (χ0v) is 13.3. The Morgan fingerprint density at radius 1 is 1.12 bits per heavy atom. The van der Waals surface area contributed by atoms with E-state index in [2.05, 4.69) is 15.9 Å². The molecule has 2 fully saturated rings. The van der Waals surface area contributed by atoms with Crippen LogP contribution in [0.1, 0.15) is 24.4 Å². The van der Waals surface area contributed by atoms with Gasteiger partial charge in [0.2, 0.25) is 0 Å². The smallest absolute Gasteiger partial charge is 0.128 e. The second kappa shape index (κ2) is 6.06. The fourth-order valence-corrected chi connectivity index (χ4v) is 3.71. The van der Waals surface area contributed by atoms with Gasteiger partial charge < -0.3 is 14.9 Å². The number of halogens is 2. The molecule has 0 amide bonds. The number of rotatable bonds is 3. The van der Waals surface area contributed by atoms with Gasteiger partial charge >= 0.3 is 0 Å². The summed E-state index contributed by atoms with van der Waals surface area (Å²) in [6, 6.07) is 12.3. The topological polar surface area (TPSA) is 26.7 Å². The van der Waals surface area contributed by atoms with Gasteiger partial charge in [-0.2, -0.15) is 0 Å². The van der Waals surface area contributed by atoms with E-state index in [-0.39, 0.29) is 18.0 Å². The first kappa shape index (κ1) is 15.4. The van der Waals surface area contributed by atoms with Gasteiger partial charge in [0.25, 0.3) is 0 Å². The van der Waals surface area contributed by atoms with Gasteiger partial charge in [-0.15, -0.1) is 0 Å². The molecule has 1 N–H and O–H groups in total. The minimum absolute atomic E-state index is 0.179. The minimum atomic E-state index is -0.413. The molecule has 0 saturated carbocycles. The van der Waals surface area contributed by atoms with Crippen LogP contribution >= 0.6 is 0 Å². The number of hydrogen-bond acceptors (Lipinski definition) is 3. The van der Waals surface area contributed by atoms with Crippen molar-refractivity contribution in [3.63, 3.8) is 0 Å². The standard InChI is InChI=1S/C19H19F2N2O/c20-13-7-8-16(21)15(10-13)17-6-3-9-23(17)19-5-2-1-4-18(19)22-11-14(24)12-22/h1,4-5,7-8,10,14,17,24H,3,6,9,11-12H2. The summed E-state index contributed by atoms with van der Waals surface area (Å²) in [6.45, 7) is 2.00. The molecule has 1 radical (unpaired) electrons. The lowest BCUT2D eigenvalue weighted by Gasteiger charge is -2.41. The highest BCUT2D eigenvalue weighted by atomic mass is 19.1. The number of hydrogen-bond donors (Lipinski definition) is 1. The molecular formula is C19H19F2N2O. The van der Waals surface area contributed by atoms with Crippen molar-refractivity contribution in [1.29, 1.82) is 0 Å². The van der Waals surface area contributed by atoms with Crippen molar-refractivity contribution in [1.82, 2.24) is 0 Å². The molecule has 2 saturated heterocycles. The van der Waals surface area contributed by atoms with Crippen LogP contribution in [0.15, 0.2) is 36.4 Å². The van der Waals surface area contributed by atoms with E-state index in [1.54, 1.807) is 0 Å². The average molecular weight is 329 g/mol. The average Bonchev–Trinajstić information content (AvgIpc) is 3.03. The zero-order chi connectivity index (χ0) is 16.7. The summed E-state index contributed by atoms with van der Waals surface area (Å²) in [4.78, 5) is 4.24. The molecule has 0 spiro atoms. The molecule has 1 unspecified atom stereocenters. The number of β-amino-alcohol motifs (C(OH)–C–C–N with tert-alkyl or cyclic N) is 1. The number of anilines is 2. The Hall–Kier alpha value is -2.14. The molecular weight excluding hydrogens is 310 g/mol. The SMILES string of the molecule is OC1CN(c2cc[c]cc2N2CCCC2c2cc(F)ccc2F)C1. The maximum atomic E-state index is 14.3. The van der Waals surface area contributed by atoms with Gasteiger partial charge in [-0.3, -0.25) is 0 Å². The fourth-order valence-electron chi connectivity index (χ4n) is 3.71. The highest BCUT2D eigenvalue weighted by Crippen LogP contribution is 2.42. The summed E-state index contributed by atoms with van der Waals surface area (Å²) in [5, 5.41) is 9.58. The normalized spacial score (nSPS) is 21.2. The molecule has 3 nitrogen and oxygen atoms in total. The second-order valence-corrected chi connectivity index (χ2v) is 6.49. The van der Waals surface area contributed by atoms with Gasteiger partial charge in [0.05, 0.1) is 23.5 Å². The van der Waals surface area contributed by atoms with Gasteiger partial charge in [0, 0.05) is 25.2 Å². The fraction of sp³-hybridized carbons (Fsp3) is 0.368. The summed E-state index contributed by atoms with van der Waals surface area (Å²) < 4.78 is 27.9. The Labute approximate surface area is 140 Å². The summed E-state index contributed by atoms with van der Waals surface area (Å²) in [5.41, 5.74) is 2.39. The van der Waals surface area contributed by atoms with Crippen molar-refractivity contribution in [3.8, 4) is 0 Å². The molecule has 0 aliphatic carbocycles. The van der Waals surface area contributed by atoms with E-state index in [1.807, 2.05) is 18.2 Å². The van der Waals surface area contributed by atoms with E-state index in [4.69, 9.17) is 0 Å². The summed E-state index contributed by atoms with van der Waals surface area (Å²) >= 11 is 0. The lowest BCUT2D eigenvalue weighted by Crippen LogP contribution is -2.51. The highest BCUT2D eigenvalue weighted by molar-refractivity contribution is 5.73. The van der Waals surface area contributed by atoms with Gasteiger partial charge in [-0.1, -0.05) is 6.07 Å². The third-order valence-corrected chi connectivity index (χ3v) is 4.90. The van der Waals surface area contributed by atoms with Gasteiger partial charge in [0.15, 0.2) is 0 Å². The van der Waals surface area contributed by atoms with Crippen LogP contribution < -0.4 is 9.80 Å². The predicted molar refractivity (Wildman–Crippen MR) is 89.2 cm³/mol. The number of aliphatic hydroxyl groups is 1. The van der Waals surface area contributed by atoms with E-state index >= 15 is 0 Å². The third-order valence-electron chi connectivity index (χ3n) is 4.90. The first-order valence-electron chi connectivity index (χ1n) is 8.28. The summed E-state index contributed by atoms with van der Waals surface area (Å²) in [7, 11) is 0. The van der Waals surface area contributed by atoms with Gasteiger partial charge in [0.1, 0.15) is 11.6 Å². The van der Waals surface area contributed by atoms with E-state index in [9.17, 15) is 13.9 Å². The van der Waals surface area contributed by atoms with E-state index < -0.39 is 5.82 Å². The van der Waals surface area contributed by atoms with Crippen LogP contribution in [0.25, 0.3) is 0 Å². The van der Waals surface area contributed by atoms with E-state index in [0.29, 0.717) is 18.7 Å². The van der Waals surface area contributed by atoms with E-state index in [1.165, 1.54) is 12.1 Å². The van der Waals surface area contributed by atoms with Crippen LogP contribution in [0.3, 0.4) is 0 Å². The van der Waals surface area contributed by atoms with Crippen molar-refractivity contribution in [3.05, 3.63) is 59.7 Å². The van der Waals surface area contributed by atoms with Crippen molar-refractivity contribution in [2.75, 3.05) is 29.4 Å². The molecule has 125 valence electrons. The molecule has 1 atom stereocenters. The molecule has 2 aromatic rings. The van der Waals surface area contributed by atoms with Gasteiger partial charge in [-0.25, -0.2) is 8.78 Å². The zero-order valence-electron chi connectivity index (χ0n) is 13.3. The molecule has 2 aliphatic heterocycles. The maximum Gasteiger partial charge on any atom is 0.128 e. The minimum Gasteiger partial charge on any atom is -0.389 e. The Morgan fingerprint density at radius 2 is 1.96 bits per heavy atom. The van der Waals surface area contributed by atoms with Crippen molar-refractivity contribution < 1.29 is 13.9 Å². The van der Waals surface area contributed by atoms with Crippen LogP contribution in [0.2, 0.25) is 0 Å². The monoisotopic (exact) mass is 329 g/mol. The second-order valence-electron chi connectivity index (χ2n) is 6.49. The molecule has 0 aromatic heterocycles. The Kier molecular flexibility index (Phi) is 3.88. The number of nitrogens with zero attached hydrogens (tertiary/aromatic N) is 2. The van der Waals surface area contributed by atoms with Crippen LogP contribution in [0, 0.1) is 17.7 Å². The van der Waals surface area contributed by atoms with Crippen molar-refractivity contribution in [2.24, 2.45) is 0 Å². The molecule has 2 aliphatic rings. The predicted octanol–water partition coefficient (Wildman–Crippen LogP) is 3.29. The summed E-state index contributed by atoms with van der Waals surface area (Å²) in [6.07, 6.45) is 1.42. The molecule has 2 aromatic carbocycles. The molecule has 24 heavy (non-hydrogen) atoms. The third kappa shape index (κ3) is 2.63. The van der Waals surface area contributed by atoms with Gasteiger partial charge in [-0.05, 0) is 49.2 Å². The van der Waals surface area contributed by atoms with Crippen LogP contribution in [0.5, 0.6) is 0 Å².